The normalized spacial score (nSPS) is 22.7. The second-order valence-corrected chi connectivity index (χ2v) is 5.75. The number of nitrogens with one attached hydrogen (secondary N) is 2. The molecule has 2 atom stereocenters. The predicted molar refractivity (Wildman–Crippen MR) is 89.1 cm³/mol. The molecule has 128 valence electrons. The Kier molecular flexibility index (Phi) is 5.96. The molecule has 0 aromatic heterocycles. The fourth-order valence-corrected chi connectivity index (χ4v) is 2.88. The molecule has 1 saturated heterocycles. The van der Waals surface area contributed by atoms with Crippen LogP contribution in [0.15, 0.2) is 12.1 Å². The highest BCUT2D eigenvalue weighted by Gasteiger charge is 2.25. The van der Waals surface area contributed by atoms with Gasteiger partial charge >= 0.3 is 0 Å². The summed E-state index contributed by atoms with van der Waals surface area (Å²) in [6.07, 6.45) is 0.939. The van der Waals surface area contributed by atoms with Crippen molar-refractivity contribution in [1.29, 1.82) is 0 Å². The number of carbonyl (C=O) groups is 1. The molecule has 2 heterocycles. The van der Waals surface area contributed by atoms with E-state index in [-0.39, 0.29) is 24.4 Å². The Balaban J connectivity index is 0.00000192. The third-order valence-electron chi connectivity index (χ3n) is 4.19. The fourth-order valence-electron chi connectivity index (χ4n) is 2.88. The minimum Gasteiger partial charge on any atom is -0.493 e. The molecule has 1 amide bonds. The number of carbonyl (C=O) groups excluding carboxylic acids is 1. The summed E-state index contributed by atoms with van der Waals surface area (Å²) in [5.74, 6) is 1.97. The van der Waals surface area contributed by atoms with E-state index in [4.69, 9.17) is 14.2 Å². The maximum atomic E-state index is 12.5. The Bertz CT molecular complexity index is 550. The Labute approximate surface area is 142 Å². The molecule has 2 aliphatic rings. The quantitative estimate of drug-likeness (QED) is 0.873. The molecule has 1 aromatic rings. The summed E-state index contributed by atoms with van der Waals surface area (Å²) >= 11 is 0. The van der Waals surface area contributed by atoms with Crippen molar-refractivity contribution in [1.82, 2.24) is 10.6 Å². The minimum absolute atomic E-state index is 0. The summed E-state index contributed by atoms with van der Waals surface area (Å²) in [5, 5.41) is 6.44. The maximum absolute atomic E-state index is 12.5. The number of fused-ring (bicyclic) bond motifs is 1. The second kappa shape index (κ2) is 7.75. The van der Waals surface area contributed by atoms with Gasteiger partial charge in [-0.2, -0.15) is 0 Å². The van der Waals surface area contributed by atoms with E-state index in [9.17, 15) is 4.79 Å². The number of hydrogen-bond donors (Lipinski definition) is 2. The molecule has 7 heteroatoms. The molecule has 0 bridgehead atoms. The van der Waals surface area contributed by atoms with Gasteiger partial charge in [-0.15, -0.1) is 12.4 Å². The molecule has 2 unspecified atom stereocenters. The smallest absolute Gasteiger partial charge is 0.251 e. The third kappa shape index (κ3) is 3.82. The summed E-state index contributed by atoms with van der Waals surface area (Å²) in [6.45, 7) is 4.96. The number of methoxy groups -OCH3 is 1. The average Bonchev–Trinajstić information content (AvgIpc) is 2.55. The van der Waals surface area contributed by atoms with Gasteiger partial charge in [0.25, 0.3) is 5.91 Å². The first-order valence-corrected chi connectivity index (χ1v) is 7.68. The van der Waals surface area contributed by atoms with Crippen molar-refractivity contribution in [3.05, 3.63) is 17.7 Å². The number of benzene rings is 1. The van der Waals surface area contributed by atoms with Gasteiger partial charge in [0, 0.05) is 11.6 Å². The van der Waals surface area contributed by atoms with Crippen LogP contribution in [0, 0.1) is 5.92 Å². The zero-order chi connectivity index (χ0) is 15.5. The summed E-state index contributed by atoms with van der Waals surface area (Å²) in [7, 11) is 1.56. The number of halogens is 1. The zero-order valence-corrected chi connectivity index (χ0v) is 14.2. The Hall–Kier alpha value is -1.66. The van der Waals surface area contributed by atoms with Crippen LogP contribution in [0.3, 0.4) is 0 Å². The topological polar surface area (TPSA) is 68.8 Å². The van der Waals surface area contributed by atoms with E-state index >= 15 is 0 Å². The van der Waals surface area contributed by atoms with Gasteiger partial charge in [-0.3, -0.25) is 4.79 Å². The summed E-state index contributed by atoms with van der Waals surface area (Å²) in [6, 6.07) is 3.61. The van der Waals surface area contributed by atoms with Crippen molar-refractivity contribution >= 4 is 18.3 Å². The van der Waals surface area contributed by atoms with Crippen molar-refractivity contribution < 1.29 is 19.0 Å². The fraction of sp³-hybridized carbons (Fsp3) is 0.562. The van der Waals surface area contributed by atoms with E-state index in [0.29, 0.717) is 41.9 Å². The molecule has 0 spiro atoms. The van der Waals surface area contributed by atoms with E-state index in [1.807, 2.05) is 0 Å². The van der Waals surface area contributed by atoms with Crippen molar-refractivity contribution in [2.45, 2.75) is 19.4 Å². The standard InChI is InChI=1S/C16H22N2O4.ClH/c1-10-9-17-4-3-12(10)18-16(19)11-7-13(20-2)15-14(8-11)21-5-6-22-15;/h7-8,10,12,17H,3-6,9H2,1-2H3,(H,18,19);1H. The molecular formula is C16H23ClN2O4. The summed E-state index contributed by atoms with van der Waals surface area (Å²) in [4.78, 5) is 12.5. The molecule has 0 radical (unpaired) electrons. The van der Waals surface area contributed by atoms with Crippen LogP contribution >= 0.6 is 12.4 Å². The lowest BCUT2D eigenvalue weighted by atomic mass is 9.95. The van der Waals surface area contributed by atoms with Gasteiger partial charge in [-0.05, 0) is 37.6 Å². The van der Waals surface area contributed by atoms with E-state index < -0.39 is 0 Å². The van der Waals surface area contributed by atoms with Gasteiger partial charge in [0.15, 0.2) is 11.5 Å². The highest BCUT2D eigenvalue weighted by atomic mass is 35.5. The Morgan fingerprint density at radius 2 is 2.13 bits per heavy atom. The van der Waals surface area contributed by atoms with E-state index in [1.54, 1.807) is 19.2 Å². The van der Waals surface area contributed by atoms with Gasteiger partial charge in [0.05, 0.1) is 7.11 Å². The number of ether oxygens (including phenoxy) is 3. The largest absolute Gasteiger partial charge is 0.493 e. The molecule has 2 aliphatic heterocycles. The van der Waals surface area contributed by atoms with Crippen molar-refractivity contribution in [3.63, 3.8) is 0 Å². The lowest BCUT2D eigenvalue weighted by Crippen LogP contribution is -2.48. The maximum Gasteiger partial charge on any atom is 0.251 e. The summed E-state index contributed by atoms with van der Waals surface area (Å²) < 4.78 is 16.4. The van der Waals surface area contributed by atoms with Crippen LogP contribution in [0.4, 0.5) is 0 Å². The van der Waals surface area contributed by atoms with E-state index in [1.165, 1.54) is 0 Å². The molecule has 1 aromatic carbocycles. The van der Waals surface area contributed by atoms with Crippen LogP contribution in [0.5, 0.6) is 17.2 Å². The first-order valence-electron chi connectivity index (χ1n) is 7.68. The van der Waals surface area contributed by atoms with Crippen molar-refractivity contribution in [2.75, 3.05) is 33.4 Å². The first kappa shape index (κ1) is 17.7. The van der Waals surface area contributed by atoms with Crippen LogP contribution < -0.4 is 24.8 Å². The molecule has 6 nitrogen and oxygen atoms in total. The van der Waals surface area contributed by atoms with Gasteiger partial charge in [-0.25, -0.2) is 0 Å². The molecule has 0 saturated carbocycles. The van der Waals surface area contributed by atoms with E-state index in [0.717, 1.165) is 19.5 Å². The van der Waals surface area contributed by atoms with Gasteiger partial charge in [-0.1, -0.05) is 6.92 Å². The summed E-state index contributed by atoms with van der Waals surface area (Å²) in [5.41, 5.74) is 0.534. The van der Waals surface area contributed by atoms with Crippen LogP contribution in [0.2, 0.25) is 0 Å². The highest BCUT2D eigenvalue weighted by Crippen LogP contribution is 2.40. The van der Waals surface area contributed by atoms with Gasteiger partial charge in [0.1, 0.15) is 13.2 Å². The van der Waals surface area contributed by atoms with Crippen molar-refractivity contribution in [3.8, 4) is 17.2 Å². The molecule has 23 heavy (non-hydrogen) atoms. The van der Waals surface area contributed by atoms with Crippen LogP contribution in [-0.2, 0) is 0 Å². The average molecular weight is 343 g/mol. The third-order valence-corrected chi connectivity index (χ3v) is 4.19. The van der Waals surface area contributed by atoms with Gasteiger partial charge < -0.3 is 24.8 Å². The number of piperidine rings is 1. The Morgan fingerprint density at radius 1 is 1.35 bits per heavy atom. The molecule has 3 rings (SSSR count). The molecule has 0 aliphatic carbocycles. The highest BCUT2D eigenvalue weighted by molar-refractivity contribution is 5.95. The predicted octanol–water partition coefficient (Wildman–Crippen LogP) is 1.62. The Morgan fingerprint density at radius 3 is 2.87 bits per heavy atom. The number of hydrogen-bond acceptors (Lipinski definition) is 5. The molecule has 1 fully saturated rings. The second-order valence-electron chi connectivity index (χ2n) is 5.75. The monoisotopic (exact) mass is 342 g/mol. The lowest BCUT2D eigenvalue weighted by Gasteiger charge is -2.30. The van der Waals surface area contributed by atoms with Gasteiger partial charge in [0.2, 0.25) is 5.75 Å². The van der Waals surface area contributed by atoms with Crippen molar-refractivity contribution in [2.24, 2.45) is 5.92 Å². The molecular weight excluding hydrogens is 320 g/mol. The van der Waals surface area contributed by atoms with Crippen LogP contribution in [-0.4, -0.2) is 45.4 Å². The van der Waals surface area contributed by atoms with Crippen LogP contribution in [0.25, 0.3) is 0 Å². The minimum atomic E-state index is -0.103. The SMILES string of the molecule is COc1cc(C(=O)NC2CCNCC2C)cc2c1OCCO2.Cl. The lowest BCUT2D eigenvalue weighted by molar-refractivity contribution is 0.0912. The van der Waals surface area contributed by atoms with E-state index in [2.05, 4.69) is 17.6 Å². The molecule has 2 N–H and O–H groups in total. The van der Waals surface area contributed by atoms with Crippen LogP contribution in [0.1, 0.15) is 23.7 Å². The number of amides is 1. The number of rotatable bonds is 3. The first-order chi connectivity index (χ1) is 10.7. The zero-order valence-electron chi connectivity index (χ0n) is 13.4.